The van der Waals surface area contributed by atoms with Crippen LogP contribution >= 0.6 is 0 Å². The van der Waals surface area contributed by atoms with E-state index in [0.29, 0.717) is 17.6 Å². The van der Waals surface area contributed by atoms with Gasteiger partial charge in [-0.3, -0.25) is 9.59 Å². The van der Waals surface area contributed by atoms with E-state index in [-0.39, 0.29) is 30.6 Å². The summed E-state index contributed by atoms with van der Waals surface area (Å²) >= 11 is 0. The summed E-state index contributed by atoms with van der Waals surface area (Å²) in [5, 5.41) is 2.72. The van der Waals surface area contributed by atoms with Crippen molar-refractivity contribution in [2.45, 2.75) is 70.4 Å². The van der Waals surface area contributed by atoms with Crippen LogP contribution in [0.4, 0.5) is 4.39 Å². The molecule has 0 saturated heterocycles. The summed E-state index contributed by atoms with van der Waals surface area (Å²) in [6.45, 7) is 2.28. The van der Waals surface area contributed by atoms with Gasteiger partial charge in [-0.2, -0.15) is 0 Å². The smallest absolute Gasteiger partial charge is 0.242 e. The maximum absolute atomic E-state index is 13.2. The Labute approximate surface area is 155 Å². The number of carbonyl (C=O) groups excluding carboxylic acids is 2. The molecule has 2 aliphatic carbocycles. The van der Waals surface area contributed by atoms with Crippen LogP contribution in [0.25, 0.3) is 0 Å². The fraction of sp³-hybridized carbons (Fsp3) is 0.619. The van der Waals surface area contributed by atoms with Crippen molar-refractivity contribution in [1.82, 2.24) is 10.2 Å². The molecule has 0 radical (unpaired) electrons. The standard InChI is InChI=1S/C21H29FN2O2/c1-2-15-6-8-18(9-7-15)24(19-10-11-19)21(26)14-23-20(25)13-16-4-3-5-17(22)12-16/h3-5,12,15,18-19H,2,6-11,13-14H2,1H3,(H,23,25). The molecule has 0 spiro atoms. The first-order valence-corrected chi connectivity index (χ1v) is 9.89. The zero-order chi connectivity index (χ0) is 18.5. The molecule has 1 aromatic carbocycles. The molecule has 26 heavy (non-hydrogen) atoms. The highest BCUT2D eigenvalue weighted by atomic mass is 19.1. The normalized spacial score (nSPS) is 22.7. The monoisotopic (exact) mass is 360 g/mol. The summed E-state index contributed by atoms with van der Waals surface area (Å²) < 4.78 is 13.2. The number of carbonyl (C=O) groups is 2. The molecule has 2 fully saturated rings. The van der Waals surface area contributed by atoms with Gasteiger partial charge >= 0.3 is 0 Å². The SMILES string of the molecule is CCC1CCC(N(C(=O)CNC(=O)Cc2cccc(F)c2)C2CC2)CC1. The minimum atomic E-state index is -0.353. The van der Waals surface area contributed by atoms with Crippen molar-refractivity contribution in [2.75, 3.05) is 6.54 Å². The average molecular weight is 360 g/mol. The summed E-state index contributed by atoms with van der Waals surface area (Å²) in [5.41, 5.74) is 0.617. The molecule has 4 nitrogen and oxygen atoms in total. The van der Waals surface area contributed by atoms with Crippen LogP contribution in [0.15, 0.2) is 24.3 Å². The lowest BCUT2D eigenvalue weighted by atomic mass is 9.84. The molecule has 5 heteroatoms. The van der Waals surface area contributed by atoms with Crippen LogP contribution in [0.3, 0.4) is 0 Å². The molecule has 0 unspecified atom stereocenters. The van der Waals surface area contributed by atoms with Gasteiger partial charge in [-0.05, 0) is 62.1 Å². The Morgan fingerprint density at radius 2 is 1.77 bits per heavy atom. The number of halogens is 1. The molecule has 3 rings (SSSR count). The van der Waals surface area contributed by atoms with E-state index in [9.17, 15) is 14.0 Å². The Hall–Kier alpha value is -1.91. The summed E-state index contributed by atoms with van der Waals surface area (Å²) in [6.07, 6.45) is 8.03. The van der Waals surface area contributed by atoms with Gasteiger partial charge in [0.25, 0.3) is 0 Å². The fourth-order valence-corrected chi connectivity index (χ4v) is 4.05. The Balaban J connectivity index is 1.50. The molecule has 2 amide bonds. The van der Waals surface area contributed by atoms with Gasteiger partial charge in [0.05, 0.1) is 13.0 Å². The molecule has 0 heterocycles. The van der Waals surface area contributed by atoms with Crippen molar-refractivity contribution in [3.63, 3.8) is 0 Å². The second-order valence-corrected chi connectivity index (χ2v) is 7.70. The van der Waals surface area contributed by atoms with Crippen LogP contribution in [0.5, 0.6) is 0 Å². The fourth-order valence-electron chi connectivity index (χ4n) is 4.05. The third kappa shape index (κ3) is 5.05. The maximum Gasteiger partial charge on any atom is 0.242 e. The van der Waals surface area contributed by atoms with Crippen molar-refractivity contribution in [2.24, 2.45) is 5.92 Å². The first kappa shape index (κ1) is 18.9. The number of nitrogens with one attached hydrogen (secondary N) is 1. The third-order valence-electron chi connectivity index (χ3n) is 5.71. The molecule has 0 atom stereocenters. The van der Waals surface area contributed by atoms with Crippen molar-refractivity contribution < 1.29 is 14.0 Å². The Kier molecular flexibility index (Phi) is 6.28. The Morgan fingerprint density at radius 3 is 2.35 bits per heavy atom. The predicted octanol–water partition coefficient (Wildman–Crippen LogP) is 3.44. The number of nitrogens with zero attached hydrogens (tertiary/aromatic N) is 1. The Morgan fingerprint density at radius 1 is 1.12 bits per heavy atom. The van der Waals surface area contributed by atoms with Gasteiger partial charge in [0.1, 0.15) is 5.82 Å². The quantitative estimate of drug-likeness (QED) is 0.810. The zero-order valence-electron chi connectivity index (χ0n) is 15.5. The largest absolute Gasteiger partial charge is 0.347 e. The van der Waals surface area contributed by atoms with Crippen LogP contribution in [0, 0.1) is 11.7 Å². The van der Waals surface area contributed by atoms with Crippen LogP contribution < -0.4 is 5.32 Å². The number of benzene rings is 1. The van der Waals surface area contributed by atoms with Gasteiger partial charge in [-0.25, -0.2) is 4.39 Å². The van der Waals surface area contributed by atoms with E-state index < -0.39 is 0 Å². The Bertz CT molecular complexity index is 637. The van der Waals surface area contributed by atoms with Crippen LogP contribution in [-0.2, 0) is 16.0 Å². The molecule has 1 N–H and O–H groups in total. The minimum Gasteiger partial charge on any atom is -0.347 e. The lowest BCUT2D eigenvalue weighted by molar-refractivity contribution is -0.136. The third-order valence-corrected chi connectivity index (χ3v) is 5.71. The van der Waals surface area contributed by atoms with Gasteiger partial charge < -0.3 is 10.2 Å². The molecular formula is C21H29FN2O2. The van der Waals surface area contributed by atoms with Crippen molar-refractivity contribution in [1.29, 1.82) is 0 Å². The lowest BCUT2D eigenvalue weighted by Crippen LogP contribution is -2.48. The first-order chi connectivity index (χ1) is 12.6. The van der Waals surface area contributed by atoms with Crippen LogP contribution in [0.2, 0.25) is 0 Å². The highest BCUT2D eigenvalue weighted by Crippen LogP contribution is 2.36. The number of rotatable bonds is 7. The van der Waals surface area contributed by atoms with Crippen LogP contribution in [-0.4, -0.2) is 35.3 Å². The van der Waals surface area contributed by atoms with E-state index in [1.165, 1.54) is 31.4 Å². The first-order valence-electron chi connectivity index (χ1n) is 9.89. The molecule has 2 aliphatic rings. The zero-order valence-corrected chi connectivity index (χ0v) is 15.5. The molecule has 0 aromatic heterocycles. The number of hydrogen-bond acceptors (Lipinski definition) is 2. The molecular weight excluding hydrogens is 331 g/mol. The lowest BCUT2D eigenvalue weighted by Gasteiger charge is -2.37. The topological polar surface area (TPSA) is 49.4 Å². The summed E-state index contributed by atoms with van der Waals surface area (Å²) in [6, 6.07) is 6.71. The van der Waals surface area contributed by atoms with Gasteiger partial charge in [-0.1, -0.05) is 25.5 Å². The number of amides is 2. The van der Waals surface area contributed by atoms with Crippen LogP contribution in [0.1, 0.15) is 57.4 Å². The van der Waals surface area contributed by atoms with E-state index in [0.717, 1.165) is 31.6 Å². The van der Waals surface area contributed by atoms with Gasteiger partial charge in [0.15, 0.2) is 0 Å². The van der Waals surface area contributed by atoms with E-state index in [4.69, 9.17) is 0 Å². The summed E-state index contributed by atoms with van der Waals surface area (Å²) in [5.74, 6) is 0.233. The number of hydrogen-bond donors (Lipinski definition) is 1. The second kappa shape index (κ2) is 8.65. The van der Waals surface area contributed by atoms with Gasteiger partial charge in [0, 0.05) is 12.1 Å². The summed E-state index contributed by atoms with van der Waals surface area (Å²) in [7, 11) is 0. The molecule has 0 bridgehead atoms. The van der Waals surface area contributed by atoms with Crippen molar-refractivity contribution in [3.05, 3.63) is 35.6 Å². The highest BCUT2D eigenvalue weighted by Gasteiger charge is 2.38. The van der Waals surface area contributed by atoms with Gasteiger partial charge in [-0.15, -0.1) is 0 Å². The van der Waals surface area contributed by atoms with E-state index in [2.05, 4.69) is 12.2 Å². The minimum absolute atomic E-state index is 0.0278. The second-order valence-electron chi connectivity index (χ2n) is 7.70. The summed E-state index contributed by atoms with van der Waals surface area (Å²) in [4.78, 5) is 26.9. The molecule has 1 aromatic rings. The van der Waals surface area contributed by atoms with E-state index >= 15 is 0 Å². The van der Waals surface area contributed by atoms with Crippen molar-refractivity contribution in [3.8, 4) is 0 Å². The average Bonchev–Trinajstić information content (AvgIpc) is 3.46. The van der Waals surface area contributed by atoms with Gasteiger partial charge in [0.2, 0.25) is 11.8 Å². The molecule has 2 saturated carbocycles. The van der Waals surface area contributed by atoms with E-state index in [1.54, 1.807) is 12.1 Å². The van der Waals surface area contributed by atoms with Crippen molar-refractivity contribution >= 4 is 11.8 Å². The highest BCUT2D eigenvalue weighted by molar-refractivity contribution is 5.86. The van der Waals surface area contributed by atoms with E-state index in [1.807, 2.05) is 4.90 Å². The molecule has 142 valence electrons. The maximum atomic E-state index is 13.2. The predicted molar refractivity (Wildman–Crippen MR) is 99.0 cm³/mol. The molecule has 0 aliphatic heterocycles.